The van der Waals surface area contributed by atoms with E-state index in [0.29, 0.717) is 30.5 Å². The van der Waals surface area contributed by atoms with Gasteiger partial charge < -0.3 is 14.0 Å². The van der Waals surface area contributed by atoms with Crippen molar-refractivity contribution in [3.63, 3.8) is 0 Å². The summed E-state index contributed by atoms with van der Waals surface area (Å²) in [7, 11) is -1.99. The minimum absolute atomic E-state index is 0.113. The molecule has 2 aromatic carbocycles. The fourth-order valence-corrected chi connectivity index (χ4v) is 4.18. The average Bonchev–Trinajstić information content (AvgIpc) is 3.12. The molecule has 0 aliphatic carbocycles. The fourth-order valence-electron chi connectivity index (χ4n) is 2.98. The zero-order chi connectivity index (χ0) is 18.9. The first kappa shape index (κ1) is 17.6. The second kappa shape index (κ2) is 7.05. The first-order valence-electron chi connectivity index (χ1n) is 8.49. The third kappa shape index (κ3) is 3.54. The Morgan fingerprint density at radius 1 is 1.07 bits per heavy atom. The Hall–Kier alpha value is -2.84. The fraction of sp³-hybridized carbons (Fsp3) is 0.211. The number of imidazole rings is 1. The van der Waals surface area contributed by atoms with E-state index in [-0.39, 0.29) is 4.90 Å². The highest BCUT2D eigenvalue weighted by Gasteiger charge is 2.27. The largest absolute Gasteiger partial charge is 0.486 e. The van der Waals surface area contributed by atoms with Gasteiger partial charge in [-0.1, -0.05) is 30.3 Å². The van der Waals surface area contributed by atoms with Gasteiger partial charge in [-0.15, -0.1) is 0 Å². The van der Waals surface area contributed by atoms with E-state index in [0.717, 1.165) is 5.56 Å². The molecule has 0 fully saturated rings. The minimum atomic E-state index is -3.82. The Morgan fingerprint density at radius 3 is 2.52 bits per heavy atom. The summed E-state index contributed by atoms with van der Waals surface area (Å²) in [5, 5.41) is 0. The van der Waals surface area contributed by atoms with Gasteiger partial charge in [-0.05, 0) is 17.7 Å². The number of aromatic nitrogens is 2. The Labute approximate surface area is 157 Å². The summed E-state index contributed by atoms with van der Waals surface area (Å²) in [6, 6.07) is 13.3. The van der Waals surface area contributed by atoms with Crippen molar-refractivity contribution >= 4 is 10.0 Å². The van der Waals surface area contributed by atoms with Crippen LogP contribution >= 0.6 is 0 Å². The lowest BCUT2D eigenvalue weighted by Crippen LogP contribution is -2.31. The number of aryl methyl sites for hydroxylation is 1. The van der Waals surface area contributed by atoms with E-state index in [1.54, 1.807) is 23.0 Å². The molecule has 0 saturated heterocycles. The predicted molar refractivity (Wildman–Crippen MR) is 99.2 cm³/mol. The summed E-state index contributed by atoms with van der Waals surface area (Å²) in [5.74, 6) is 1.57. The third-order valence-corrected chi connectivity index (χ3v) is 5.77. The number of ether oxygens (including phenoxy) is 2. The standard InChI is InChI=1S/C19H19N3O4S/c1-22-10-9-20-19(22)18(14-5-3-2-4-6-14)21-27(23,24)15-7-8-16-17(13-15)26-12-11-25-16/h2-10,13,18,21H,11-12H2,1H3. The van der Waals surface area contributed by atoms with E-state index in [1.165, 1.54) is 12.1 Å². The topological polar surface area (TPSA) is 82.5 Å². The molecule has 27 heavy (non-hydrogen) atoms. The smallest absolute Gasteiger partial charge is 0.241 e. The normalized spacial score (nSPS) is 14.7. The summed E-state index contributed by atoms with van der Waals surface area (Å²) < 4.78 is 41.7. The number of sulfonamides is 1. The lowest BCUT2D eigenvalue weighted by atomic mass is 10.1. The van der Waals surface area contributed by atoms with Gasteiger partial charge in [0.05, 0.1) is 4.90 Å². The molecule has 4 rings (SSSR count). The number of nitrogens with zero attached hydrogens (tertiary/aromatic N) is 2. The highest BCUT2D eigenvalue weighted by Crippen LogP contribution is 2.33. The molecular weight excluding hydrogens is 366 g/mol. The SMILES string of the molecule is Cn1ccnc1C(NS(=O)(=O)c1ccc2c(c1)OCCO2)c1ccccc1. The van der Waals surface area contributed by atoms with Crippen molar-refractivity contribution in [2.24, 2.45) is 7.05 Å². The van der Waals surface area contributed by atoms with E-state index in [1.807, 2.05) is 37.4 Å². The molecule has 0 spiro atoms. The van der Waals surface area contributed by atoms with Gasteiger partial charge in [-0.2, -0.15) is 4.72 Å². The Morgan fingerprint density at radius 2 is 1.81 bits per heavy atom. The lowest BCUT2D eigenvalue weighted by molar-refractivity contribution is 0.171. The molecule has 2 heterocycles. The van der Waals surface area contributed by atoms with Crippen molar-refractivity contribution in [2.45, 2.75) is 10.9 Å². The molecule has 1 aliphatic heterocycles. The molecular formula is C19H19N3O4S. The van der Waals surface area contributed by atoms with Crippen molar-refractivity contribution < 1.29 is 17.9 Å². The first-order valence-corrected chi connectivity index (χ1v) is 9.97. The van der Waals surface area contributed by atoms with Crippen LogP contribution in [-0.2, 0) is 17.1 Å². The molecule has 140 valence electrons. The van der Waals surface area contributed by atoms with Gasteiger partial charge in [-0.25, -0.2) is 13.4 Å². The lowest BCUT2D eigenvalue weighted by Gasteiger charge is -2.21. The van der Waals surface area contributed by atoms with Gasteiger partial charge in [0.1, 0.15) is 25.1 Å². The van der Waals surface area contributed by atoms with Gasteiger partial charge in [0.15, 0.2) is 11.5 Å². The van der Waals surface area contributed by atoms with E-state index in [9.17, 15) is 8.42 Å². The second-order valence-electron chi connectivity index (χ2n) is 6.17. The number of fused-ring (bicyclic) bond motifs is 1. The summed E-state index contributed by atoms with van der Waals surface area (Å²) in [4.78, 5) is 4.44. The van der Waals surface area contributed by atoms with Crippen molar-refractivity contribution in [3.05, 3.63) is 72.3 Å². The molecule has 0 bridgehead atoms. The van der Waals surface area contributed by atoms with Crippen molar-refractivity contribution in [1.82, 2.24) is 14.3 Å². The maximum atomic E-state index is 13.1. The second-order valence-corrected chi connectivity index (χ2v) is 7.88. The number of hydrogen-bond acceptors (Lipinski definition) is 5. The van der Waals surface area contributed by atoms with Crippen molar-refractivity contribution in [1.29, 1.82) is 0 Å². The maximum Gasteiger partial charge on any atom is 0.241 e. The minimum Gasteiger partial charge on any atom is -0.486 e. The monoisotopic (exact) mass is 385 g/mol. The van der Waals surface area contributed by atoms with E-state index < -0.39 is 16.1 Å². The molecule has 1 atom stereocenters. The van der Waals surface area contributed by atoms with Crippen LogP contribution in [0.15, 0.2) is 65.8 Å². The summed E-state index contributed by atoms with van der Waals surface area (Å²) in [6.45, 7) is 0.844. The number of nitrogens with one attached hydrogen (secondary N) is 1. The van der Waals surface area contributed by atoms with Crippen LogP contribution in [0.4, 0.5) is 0 Å². The van der Waals surface area contributed by atoms with Crippen LogP contribution in [0.3, 0.4) is 0 Å². The van der Waals surface area contributed by atoms with Crippen LogP contribution in [-0.4, -0.2) is 31.2 Å². The molecule has 0 radical (unpaired) electrons. The number of rotatable bonds is 5. The highest BCUT2D eigenvalue weighted by atomic mass is 32.2. The van der Waals surface area contributed by atoms with Crippen LogP contribution in [0.25, 0.3) is 0 Å². The molecule has 0 saturated carbocycles. The van der Waals surface area contributed by atoms with Gasteiger partial charge in [0, 0.05) is 25.5 Å². The van der Waals surface area contributed by atoms with Crippen LogP contribution in [0.2, 0.25) is 0 Å². The molecule has 8 heteroatoms. The first-order chi connectivity index (χ1) is 13.0. The van der Waals surface area contributed by atoms with Crippen molar-refractivity contribution in [3.8, 4) is 11.5 Å². The van der Waals surface area contributed by atoms with E-state index in [4.69, 9.17) is 9.47 Å². The summed E-state index contributed by atoms with van der Waals surface area (Å²) >= 11 is 0. The van der Waals surface area contributed by atoms with Gasteiger partial charge in [0.2, 0.25) is 10.0 Å². The summed E-state index contributed by atoms with van der Waals surface area (Å²) in [5.41, 5.74) is 0.799. The van der Waals surface area contributed by atoms with Crippen LogP contribution in [0.1, 0.15) is 17.4 Å². The van der Waals surface area contributed by atoms with Crippen LogP contribution in [0.5, 0.6) is 11.5 Å². The van der Waals surface area contributed by atoms with E-state index in [2.05, 4.69) is 9.71 Å². The quantitative estimate of drug-likeness (QED) is 0.728. The Balaban J connectivity index is 1.71. The molecule has 1 unspecified atom stereocenters. The number of benzene rings is 2. The van der Waals surface area contributed by atoms with Gasteiger partial charge in [-0.3, -0.25) is 0 Å². The van der Waals surface area contributed by atoms with Crippen LogP contribution in [0, 0.1) is 0 Å². The summed E-state index contributed by atoms with van der Waals surface area (Å²) in [6.07, 6.45) is 3.42. The molecule has 7 nitrogen and oxygen atoms in total. The zero-order valence-corrected chi connectivity index (χ0v) is 15.5. The molecule has 0 amide bonds. The maximum absolute atomic E-state index is 13.1. The predicted octanol–water partition coefficient (Wildman–Crippen LogP) is 2.26. The molecule has 1 N–H and O–H groups in total. The Bertz CT molecular complexity index is 1050. The average molecular weight is 385 g/mol. The molecule has 3 aromatic rings. The Kier molecular flexibility index (Phi) is 4.59. The highest BCUT2D eigenvalue weighted by molar-refractivity contribution is 7.89. The zero-order valence-electron chi connectivity index (χ0n) is 14.7. The third-order valence-electron chi connectivity index (χ3n) is 4.35. The van der Waals surface area contributed by atoms with Crippen LogP contribution < -0.4 is 14.2 Å². The molecule has 1 aromatic heterocycles. The van der Waals surface area contributed by atoms with Gasteiger partial charge >= 0.3 is 0 Å². The molecule has 1 aliphatic rings. The number of hydrogen-bond donors (Lipinski definition) is 1. The van der Waals surface area contributed by atoms with Crippen molar-refractivity contribution in [2.75, 3.05) is 13.2 Å². The van der Waals surface area contributed by atoms with E-state index >= 15 is 0 Å². The van der Waals surface area contributed by atoms with Gasteiger partial charge in [0.25, 0.3) is 0 Å².